The summed E-state index contributed by atoms with van der Waals surface area (Å²) in [5, 5.41) is 3.24. The number of nitrogens with one attached hydrogen (secondary N) is 1. The largest absolute Gasteiger partial charge is 0.399 e. The summed E-state index contributed by atoms with van der Waals surface area (Å²) in [6.45, 7) is 7.39. The molecule has 0 spiro atoms. The van der Waals surface area contributed by atoms with Crippen LogP contribution in [0.25, 0.3) is 0 Å². The Morgan fingerprint density at radius 2 is 2.15 bits per heavy atom. The molecule has 20 heavy (non-hydrogen) atoms. The van der Waals surface area contributed by atoms with Crippen molar-refractivity contribution in [1.29, 1.82) is 0 Å². The third kappa shape index (κ3) is 3.71. The number of rotatable bonds is 5. The fourth-order valence-corrected chi connectivity index (χ4v) is 2.27. The first-order valence-electron chi connectivity index (χ1n) is 7.03. The molecule has 2 rings (SSSR count). The van der Waals surface area contributed by atoms with Crippen LogP contribution in [-0.4, -0.2) is 38.1 Å². The molecule has 1 aromatic rings. The second-order valence-electron chi connectivity index (χ2n) is 5.20. The first-order chi connectivity index (χ1) is 9.58. The number of nitrogens with zero attached hydrogens (tertiary/aromatic N) is 1. The van der Waals surface area contributed by atoms with Crippen LogP contribution in [0.5, 0.6) is 0 Å². The second-order valence-corrected chi connectivity index (χ2v) is 5.20. The summed E-state index contributed by atoms with van der Waals surface area (Å²) in [6.07, 6.45) is 0. The average molecular weight is 277 g/mol. The van der Waals surface area contributed by atoms with Crippen LogP contribution in [0.1, 0.15) is 19.4 Å². The van der Waals surface area contributed by atoms with Crippen LogP contribution in [0.4, 0.5) is 11.4 Å². The minimum absolute atomic E-state index is 0.141. The molecule has 1 atom stereocenters. The Hall–Kier alpha value is -1.59. The van der Waals surface area contributed by atoms with Gasteiger partial charge in [-0.2, -0.15) is 0 Å². The molecule has 110 valence electrons. The molecule has 5 heteroatoms. The molecule has 0 saturated carbocycles. The lowest BCUT2D eigenvalue weighted by Gasteiger charge is -2.31. The summed E-state index contributed by atoms with van der Waals surface area (Å²) in [7, 11) is 0. The van der Waals surface area contributed by atoms with Gasteiger partial charge in [-0.15, -0.1) is 0 Å². The zero-order chi connectivity index (χ0) is 14.5. The van der Waals surface area contributed by atoms with Gasteiger partial charge in [0.1, 0.15) is 5.78 Å². The van der Waals surface area contributed by atoms with Crippen LogP contribution < -0.4 is 16.0 Å². The van der Waals surface area contributed by atoms with Crippen LogP contribution >= 0.6 is 0 Å². The van der Waals surface area contributed by atoms with E-state index in [0.29, 0.717) is 6.54 Å². The van der Waals surface area contributed by atoms with E-state index in [-0.39, 0.29) is 11.8 Å². The maximum atomic E-state index is 11.3. The van der Waals surface area contributed by atoms with Crippen molar-refractivity contribution in [1.82, 2.24) is 5.32 Å². The zero-order valence-corrected chi connectivity index (χ0v) is 12.2. The van der Waals surface area contributed by atoms with E-state index < -0.39 is 0 Å². The van der Waals surface area contributed by atoms with Crippen molar-refractivity contribution in [2.24, 2.45) is 0 Å². The van der Waals surface area contributed by atoms with E-state index in [1.807, 2.05) is 19.1 Å². The van der Waals surface area contributed by atoms with Crippen molar-refractivity contribution in [2.75, 3.05) is 36.9 Å². The van der Waals surface area contributed by atoms with E-state index >= 15 is 0 Å². The highest BCUT2D eigenvalue weighted by molar-refractivity contribution is 5.80. The van der Waals surface area contributed by atoms with Gasteiger partial charge in [0.05, 0.1) is 19.3 Å². The van der Waals surface area contributed by atoms with E-state index in [0.717, 1.165) is 37.6 Å². The number of nitrogens with two attached hydrogens (primary N) is 1. The van der Waals surface area contributed by atoms with Crippen molar-refractivity contribution >= 4 is 17.2 Å². The number of nitrogen functional groups attached to an aromatic ring is 1. The highest BCUT2D eigenvalue weighted by Crippen LogP contribution is 2.24. The highest BCUT2D eigenvalue weighted by atomic mass is 16.5. The lowest BCUT2D eigenvalue weighted by atomic mass is 10.1. The molecule has 5 nitrogen and oxygen atoms in total. The molecule has 1 aliphatic heterocycles. The minimum atomic E-state index is -0.144. The molecule has 0 amide bonds. The van der Waals surface area contributed by atoms with Crippen molar-refractivity contribution in [3.63, 3.8) is 0 Å². The zero-order valence-electron chi connectivity index (χ0n) is 12.2. The summed E-state index contributed by atoms with van der Waals surface area (Å²) >= 11 is 0. The Bertz CT molecular complexity index is 470. The SMILES string of the molecule is CC(=O)C(C)NCc1cc(N)ccc1N1CCOCC1. The minimum Gasteiger partial charge on any atom is -0.399 e. The average Bonchev–Trinajstić information content (AvgIpc) is 2.45. The molecule has 1 heterocycles. The molecule has 1 fully saturated rings. The highest BCUT2D eigenvalue weighted by Gasteiger charge is 2.16. The lowest BCUT2D eigenvalue weighted by Crippen LogP contribution is -2.38. The molecule has 0 aromatic heterocycles. The summed E-state index contributed by atoms with van der Waals surface area (Å²) in [6, 6.07) is 5.80. The van der Waals surface area contributed by atoms with Gasteiger partial charge in [0.25, 0.3) is 0 Å². The number of carbonyl (C=O) groups is 1. The molecule has 0 bridgehead atoms. The number of hydrogen-bond acceptors (Lipinski definition) is 5. The van der Waals surface area contributed by atoms with Crippen LogP contribution in [0, 0.1) is 0 Å². The van der Waals surface area contributed by atoms with Crippen molar-refractivity contribution in [2.45, 2.75) is 26.4 Å². The van der Waals surface area contributed by atoms with E-state index in [1.54, 1.807) is 6.92 Å². The van der Waals surface area contributed by atoms with Crippen molar-refractivity contribution in [3.8, 4) is 0 Å². The van der Waals surface area contributed by atoms with Gasteiger partial charge in [0, 0.05) is 31.0 Å². The third-order valence-electron chi connectivity index (χ3n) is 3.66. The van der Waals surface area contributed by atoms with Gasteiger partial charge in [0.15, 0.2) is 0 Å². The number of ether oxygens (including phenoxy) is 1. The Labute approximate surface area is 120 Å². The topological polar surface area (TPSA) is 67.6 Å². The maximum Gasteiger partial charge on any atom is 0.146 e. The normalized spacial score (nSPS) is 17.0. The number of anilines is 2. The summed E-state index contributed by atoms with van der Waals surface area (Å²) < 4.78 is 5.39. The Morgan fingerprint density at radius 1 is 1.45 bits per heavy atom. The molecule has 1 saturated heterocycles. The lowest BCUT2D eigenvalue weighted by molar-refractivity contribution is -0.118. The summed E-state index contributed by atoms with van der Waals surface area (Å²) in [5.41, 5.74) is 8.93. The first-order valence-corrected chi connectivity index (χ1v) is 7.03. The molecule has 0 aliphatic carbocycles. The van der Waals surface area contributed by atoms with Crippen molar-refractivity contribution < 1.29 is 9.53 Å². The Kier molecular flexibility index (Phi) is 4.98. The summed E-state index contributed by atoms with van der Waals surface area (Å²) in [4.78, 5) is 13.6. The number of carbonyl (C=O) groups excluding carboxylic acids is 1. The van der Waals surface area contributed by atoms with Crippen LogP contribution in [-0.2, 0) is 16.1 Å². The van der Waals surface area contributed by atoms with Gasteiger partial charge in [0.2, 0.25) is 0 Å². The smallest absolute Gasteiger partial charge is 0.146 e. The van der Waals surface area contributed by atoms with Gasteiger partial charge in [-0.3, -0.25) is 4.79 Å². The number of Topliss-reactive ketones (excluding diaryl/α,β-unsaturated/α-hetero) is 1. The Morgan fingerprint density at radius 3 is 2.80 bits per heavy atom. The van der Waals surface area contributed by atoms with Gasteiger partial charge >= 0.3 is 0 Å². The number of morpholine rings is 1. The molecule has 1 unspecified atom stereocenters. The predicted octanol–water partition coefficient (Wildman–Crippen LogP) is 1.17. The van der Waals surface area contributed by atoms with E-state index in [2.05, 4.69) is 16.3 Å². The van der Waals surface area contributed by atoms with E-state index in [1.165, 1.54) is 5.69 Å². The van der Waals surface area contributed by atoms with E-state index in [4.69, 9.17) is 10.5 Å². The van der Waals surface area contributed by atoms with Crippen molar-refractivity contribution in [3.05, 3.63) is 23.8 Å². The van der Waals surface area contributed by atoms with Gasteiger partial charge < -0.3 is 20.7 Å². The molecular weight excluding hydrogens is 254 g/mol. The maximum absolute atomic E-state index is 11.3. The molecular formula is C15H23N3O2. The monoisotopic (exact) mass is 277 g/mol. The number of ketones is 1. The molecule has 0 radical (unpaired) electrons. The van der Waals surface area contributed by atoms with Crippen LogP contribution in [0.2, 0.25) is 0 Å². The number of benzene rings is 1. The van der Waals surface area contributed by atoms with E-state index in [9.17, 15) is 4.79 Å². The van der Waals surface area contributed by atoms with Gasteiger partial charge in [-0.05, 0) is 37.6 Å². The summed E-state index contributed by atoms with van der Waals surface area (Å²) in [5.74, 6) is 0.141. The second kappa shape index (κ2) is 6.72. The van der Waals surface area contributed by atoms with Crippen LogP contribution in [0.15, 0.2) is 18.2 Å². The standard InChI is InChI=1S/C15H23N3O2/c1-11(12(2)19)17-10-13-9-14(16)3-4-15(13)18-5-7-20-8-6-18/h3-4,9,11,17H,5-8,10,16H2,1-2H3. The van der Waals surface area contributed by atoms with Gasteiger partial charge in [-0.25, -0.2) is 0 Å². The molecule has 3 N–H and O–H groups in total. The Balaban J connectivity index is 2.12. The molecule has 1 aliphatic rings. The number of hydrogen-bond donors (Lipinski definition) is 2. The molecule has 1 aromatic carbocycles. The predicted molar refractivity (Wildman–Crippen MR) is 80.9 cm³/mol. The fraction of sp³-hybridized carbons (Fsp3) is 0.533. The first kappa shape index (κ1) is 14.8. The van der Waals surface area contributed by atoms with Gasteiger partial charge in [-0.1, -0.05) is 0 Å². The third-order valence-corrected chi connectivity index (χ3v) is 3.66. The fourth-order valence-electron chi connectivity index (χ4n) is 2.27. The van der Waals surface area contributed by atoms with Crippen LogP contribution in [0.3, 0.4) is 0 Å². The quantitative estimate of drug-likeness (QED) is 0.791.